The number of aliphatic hydroxyl groups is 2. The average Bonchev–Trinajstić information content (AvgIpc) is 1.69. The Kier molecular flexibility index (Phi) is 3.77. The fourth-order valence-electron chi connectivity index (χ4n) is 0.564. The Morgan fingerprint density at radius 2 is 2.00 bits per heavy atom. The molecule has 0 saturated carbocycles. The molecule has 0 fully saturated rings. The van der Waals surface area contributed by atoms with E-state index in [1.54, 1.807) is 7.05 Å². The van der Waals surface area contributed by atoms with Gasteiger partial charge in [-0.2, -0.15) is 0 Å². The minimum absolute atomic E-state index is 0.185. The molecule has 3 N–H and O–H groups in total. The SMILES string of the molecule is CCC(NC)C(O)O. The van der Waals surface area contributed by atoms with E-state index in [1.807, 2.05) is 6.92 Å². The van der Waals surface area contributed by atoms with Gasteiger partial charge in [-0.3, -0.25) is 0 Å². The zero-order valence-corrected chi connectivity index (χ0v) is 5.26. The largest absolute Gasteiger partial charge is 0.367 e. The second-order valence-corrected chi connectivity index (χ2v) is 1.72. The molecule has 0 bridgehead atoms. The van der Waals surface area contributed by atoms with Crippen LogP contribution in [0.25, 0.3) is 0 Å². The summed E-state index contributed by atoms with van der Waals surface area (Å²) in [7, 11) is 1.70. The summed E-state index contributed by atoms with van der Waals surface area (Å²) in [5.41, 5.74) is 0. The molecule has 0 aromatic heterocycles. The highest BCUT2D eigenvalue weighted by Crippen LogP contribution is 1.92. The van der Waals surface area contributed by atoms with Crippen LogP contribution in [-0.4, -0.2) is 29.6 Å². The van der Waals surface area contributed by atoms with Gasteiger partial charge in [0.1, 0.15) is 0 Å². The first-order chi connectivity index (χ1) is 3.72. The predicted octanol–water partition coefficient (Wildman–Crippen LogP) is -0.705. The zero-order valence-electron chi connectivity index (χ0n) is 5.26. The second-order valence-electron chi connectivity index (χ2n) is 1.72. The molecule has 0 aliphatic heterocycles. The lowest BCUT2D eigenvalue weighted by molar-refractivity contribution is -0.0659. The number of likely N-dealkylation sites (N-methyl/N-ethyl adjacent to an activating group) is 1. The van der Waals surface area contributed by atoms with Crippen LogP contribution in [-0.2, 0) is 0 Å². The van der Waals surface area contributed by atoms with Crippen molar-refractivity contribution in [3.05, 3.63) is 0 Å². The van der Waals surface area contributed by atoms with Crippen molar-refractivity contribution in [1.82, 2.24) is 5.32 Å². The van der Waals surface area contributed by atoms with Gasteiger partial charge < -0.3 is 15.5 Å². The molecular formula is C5H13NO2. The molecule has 0 radical (unpaired) electrons. The van der Waals surface area contributed by atoms with E-state index in [0.29, 0.717) is 0 Å². The number of hydrogen-bond donors (Lipinski definition) is 3. The summed E-state index contributed by atoms with van der Waals surface area (Å²) in [6, 6.07) is -0.185. The molecule has 0 aliphatic carbocycles. The maximum absolute atomic E-state index is 8.51. The number of aliphatic hydroxyl groups excluding tert-OH is 1. The summed E-state index contributed by atoms with van der Waals surface area (Å²) in [6.45, 7) is 1.89. The van der Waals surface area contributed by atoms with E-state index in [1.165, 1.54) is 0 Å². The average molecular weight is 119 g/mol. The summed E-state index contributed by atoms with van der Waals surface area (Å²) < 4.78 is 0. The minimum atomic E-state index is -1.23. The zero-order chi connectivity index (χ0) is 6.57. The van der Waals surface area contributed by atoms with E-state index in [-0.39, 0.29) is 6.04 Å². The highest BCUT2D eigenvalue weighted by molar-refractivity contribution is 4.61. The normalized spacial score (nSPS) is 14.6. The molecule has 0 rings (SSSR count). The van der Waals surface area contributed by atoms with Crippen molar-refractivity contribution >= 4 is 0 Å². The molecule has 0 amide bonds. The van der Waals surface area contributed by atoms with Crippen molar-refractivity contribution in [2.24, 2.45) is 0 Å². The van der Waals surface area contributed by atoms with Crippen molar-refractivity contribution in [2.45, 2.75) is 25.7 Å². The third kappa shape index (κ3) is 2.26. The second kappa shape index (κ2) is 3.83. The Morgan fingerprint density at radius 1 is 1.50 bits per heavy atom. The number of hydrogen-bond acceptors (Lipinski definition) is 3. The number of rotatable bonds is 3. The molecule has 0 aromatic rings. The molecular weight excluding hydrogens is 106 g/mol. The quantitative estimate of drug-likeness (QED) is 0.430. The first-order valence-electron chi connectivity index (χ1n) is 2.75. The topological polar surface area (TPSA) is 52.5 Å². The monoisotopic (exact) mass is 119 g/mol. The molecule has 8 heavy (non-hydrogen) atoms. The molecule has 50 valence electrons. The lowest BCUT2D eigenvalue weighted by Crippen LogP contribution is -2.36. The third-order valence-electron chi connectivity index (χ3n) is 1.17. The lowest BCUT2D eigenvalue weighted by atomic mass is 10.2. The molecule has 0 heterocycles. The van der Waals surface area contributed by atoms with E-state index in [2.05, 4.69) is 5.32 Å². The van der Waals surface area contributed by atoms with Crippen molar-refractivity contribution in [3.8, 4) is 0 Å². The van der Waals surface area contributed by atoms with Gasteiger partial charge >= 0.3 is 0 Å². The molecule has 1 atom stereocenters. The van der Waals surface area contributed by atoms with E-state index < -0.39 is 6.29 Å². The summed E-state index contributed by atoms with van der Waals surface area (Å²) in [5.74, 6) is 0. The molecule has 0 aliphatic rings. The number of nitrogens with one attached hydrogen (secondary N) is 1. The van der Waals surface area contributed by atoms with Gasteiger partial charge in [0.05, 0.1) is 6.04 Å². The van der Waals surface area contributed by atoms with Crippen molar-refractivity contribution in [2.75, 3.05) is 7.05 Å². The summed E-state index contributed by atoms with van der Waals surface area (Å²) in [5, 5.41) is 19.8. The van der Waals surface area contributed by atoms with Gasteiger partial charge in [-0.1, -0.05) is 6.92 Å². The van der Waals surface area contributed by atoms with Crippen LogP contribution in [0.3, 0.4) is 0 Å². The minimum Gasteiger partial charge on any atom is -0.367 e. The van der Waals surface area contributed by atoms with Gasteiger partial charge in [0, 0.05) is 0 Å². The van der Waals surface area contributed by atoms with E-state index in [0.717, 1.165) is 6.42 Å². The molecule has 0 spiro atoms. The predicted molar refractivity (Wildman–Crippen MR) is 31.4 cm³/mol. The Morgan fingerprint density at radius 3 is 2.00 bits per heavy atom. The van der Waals surface area contributed by atoms with Crippen molar-refractivity contribution < 1.29 is 10.2 Å². The van der Waals surface area contributed by atoms with Gasteiger partial charge in [-0.15, -0.1) is 0 Å². The maximum atomic E-state index is 8.51. The van der Waals surface area contributed by atoms with Crippen LogP contribution in [0.1, 0.15) is 13.3 Å². The first-order valence-corrected chi connectivity index (χ1v) is 2.75. The standard InChI is InChI=1S/C5H13NO2/c1-3-4(6-2)5(7)8/h4-8H,3H2,1-2H3. The summed E-state index contributed by atoms with van der Waals surface area (Å²) in [6.07, 6.45) is -0.501. The van der Waals surface area contributed by atoms with Gasteiger partial charge in [-0.25, -0.2) is 0 Å². The summed E-state index contributed by atoms with van der Waals surface area (Å²) >= 11 is 0. The van der Waals surface area contributed by atoms with E-state index in [4.69, 9.17) is 10.2 Å². The van der Waals surface area contributed by atoms with Crippen LogP contribution in [0.4, 0.5) is 0 Å². The van der Waals surface area contributed by atoms with Crippen LogP contribution in [0.5, 0.6) is 0 Å². The van der Waals surface area contributed by atoms with Gasteiger partial charge in [-0.05, 0) is 13.5 Å². The van der Waals surface area contributed by atoms with Crippen molar-refractivity contribution in [3.63, 3.8) is 0 Å². The molecule has 3 nitrogen and oxygen atoms in total. The van der Waals surface area contributed by atoms with Crippen LogP contribution >= 0.6 is 0 Å². The van der Waals surface area contributed by atoms with Crippen LogP contribution < -0.4 is 5.32 Å². The van der Waals surface area contributed by atoms with Crippen LogP contribution in [0.15, 0.2) is 0 Å². The Bertz CT molecular complexity index is 52.4. The smallest absolute Gasteiger partial charge is 0.167 e. The van der Waals surface area contributed by atoms with Crippen molar-refractivity contribution in [1.29, 1.82) is 0 Å². The Balaban J connectivity index is 3.35. The Labute approximate surface area is 49.3 Å². The van der Waals surface area contributed by atoms with E-state index in [9.17, 15) is 0 Å². The molecule has 3 heteroatoms. The van der Waals surface area contributed by atoms with E-state index >= 15 is 0 Å². The molecule has 0 aromatic carbocycles. The van der Waals surface area contributed by atoms with Gasteiger partial charge in [0.2, 0.25) is 0 Å². The Hall–Kier alpha value is -0.120. The maximum Gasteiger partial charge on any atom is 0.167 e. The van der Waals surface area contributed by atoms with Gasteiger partial charge in [0.15, 0.2) is 6.29 Å². The fraction of sp³-hybridized carbons (Fsp3) is 1.00. The highest BCUT2D eigenvalue weighted by Gasteiger charge is 2.09. The van der Waals surface area contributed by atoms with Crippen LogP contribution in [0, 0.1) is 0 Å². The lowest BCUT2D eigenvalue weighted by Gasteiger charge is -2.14. The van der Waals surface area contributed by atoms with Crippen LogP contribution in [0.2, 0.25) is 0 Å². The summed E-state index contributed by atoms with van der Waals surface area (Å²) in [4.78, 5) is 0. The highest BCUT2D eigenvalue weighted by atomic mass is 16.5. The molecule has 0 saturated heterocycles. The fourth-order valence-corrected chi connectivity index (χ4v) is 0.564. The first kappa shape index (κ1) is 7.88. The van der Waals surface area contributed by atoms with Gasteiger partial charge in [0.25, 0.3) is 0 Å². The third-order valence-corrected chi connectivity index (χ3v) is 1.17. The molecule has 1 unspecified atom stereocenters.